The maximum Gasteiger partial charge on any atom is 0.219 e. The van der Waals surface area contributed by atoms with Crippen LogP contribution in [0.2, 0.25) is 0 Å². The van der Waals surface area contributed by atoms with Gasteiger partial charge >= 0.3 is 0 Å². The van der Waals surface area contributed by atoms with Crippen LogP contribution < -0.4 is 5.32 Å². The highest BCUT2D eigenvalue weighted by molar-refractivity contribution is 9.10. The van der Waals surface area contributed by atoms with Crippen LogP contribution in [0.3, 0.4) is 0 Å². The number of hydrogen-bond donors (Lipinski definition) is 3. The van der Waals surface area contributed by atoms with Crippen molar-refractivity contribution < 1.29 is 15.0 Å². The Morgan fingerprint density at radius 1 is 1.40 bits per heavy atom. The number of carbonyl (C=O) groups excluding carboxylic acids is 1. The lowest BCUT2D eigenvalue weighted by Crippen LogP contribution is -2.21. The number of hydrogen-bond acceptors (Lipinski definition) is 4. The summed E-state index contributed by atoms with van der Waals surface area (Å²) in [6.07, 6.45) is 14.1. The van der Waals surface area contributed by atoms with E-state index < -0.39 is 6.10 Å². The molecule has 4 nitrogen and oxygen atoms in total. The van der Waals surface area contributed by atoms with Crippen LogP contribution in [-0.2, 0) is 11.2 Å². The summed E-state index contributed by atoms with van der Waals surface area (Å²) in [6.45, 7) is 4.71. The van der Waals surface area contributed by atoms with Crippen LogP contribution in [0.4, 0.5) is 0 Å². The fraction of sp³-hybridized carbons (Fsp3) is 0.625. The Morgan fingerprint density at radius 2 is 2.20 bits per heavy atom. The summed E-state index contributed by atoms with van der Waals surface area (Å²) < 4.78 is 1.15. The molecule has 1 amide bonds. The molecule has 1 unspecified atom stereocenters. The van der Waals surface area contributed by atoms with Crippen LogP contribution in [-0.4, -0.2) is 34.9 Å². The fourth-order valence-electron chi connectivity index (χ4n) is 3.98. The smallest absolute Gasteiger partial charge is 0.219 e. The van der Waals surface area contributed by atoms with E-state index in [0.717, 1.165) is 43.0 Å². The summed E-state index contributed by atoms with van der Waals surface area (Å²) in [4.78, 5) is 14.0. The van der Waals surface area contributed by atoms with E-state index in [1.807, 2.05) is 13.0 Å². The largest absolute Gasteiger partial charge is 0.393 e. The van der Waals surface area contributed by atoms with E-state index in [0.29, 0.717) is 25.3 Å². The molecule has 3 N–H and O–H groups in total. The van der Waals surface area contributed by atoms with Gasteiger partial charge in [-0.1, -0.05) is 24.3 Å². The lowest BCUT2D eigenvalue weighted by Gasteiger charge is -2.18. The lowest BCUT2D eigenvalue weighted by atomic mass is 9.90. The first kappa shape index (κ1) is 25.3. The Kier molecular flexibility index (Phi) is 11.4. The van der Waals surface area contributed by atoms with Gasteiger partial charge in [0.25, 0.3) is 0 Å². The number of nitrogens with one attached hydrogen (secondary N) is 1. The van der Waals surface area contributed by atoms with E-state index in [1.54, 1.807) is 11.3 Å². The second-order valence-corrected chi connectivity index (χ2v) is 10.3. The zero-order valence-electron chi connectivity index (χ0n) is 18.1. The van der Waals surface area contributed by atoms with E-state index in [1.165, 1.54) is 9.75 Å². The molecule has 4 atom stereocenters. The number of carbonyl (C=O) groups is 1. The van der Waals surface area contributed by atoms with Crippen molar-refractivity contribution in [2.24, 2.45) is 11.8 Å². The molecule has 0 aromatic carbocycles. The minimum absolute atomic E-state index is 0.114. The van der Waals surface area contributed by atoms with Crippen molar-refractivity contribution in [3.63, 3.8) is 0 Å². The molecular formula is C24H36BrNO3S. The van der Waals surface area contributed by atoms with Crippen LogP contribution >= 0.6 is 27.3 Å². The number of halogens is 1. The van der Waals surface area contributed by atoms with Gasteiger partial charge in [0.15, 0.2) is 0 Å². The van der Waals surface area contributed by atoms with Crippen LogP contribution in [0, 0.1) is 18.8 Å². The molecule has 1 heterocycles. The van der Waals surface area contributed by atoms with Crippen molar-refractivity contribution in [1.29, 1.82) is 0 Å². The first-order valence-corrected chi connectivity index (χ1v) is 12.7. The van der Waals surface area contributed by atoms with Crippen molar-refractivity contribution in [3.8, 4) is 0 Å². The third-order valence-electron chi connectivity index (χ3n) is 5.74. The summed E-state index contributed by atoms with van der Waals surface area (Å²) in [5.41, 5.74) is 0. The molecule has 1 aliphatic carbocycles. The van der Waals surface area contributed by atoms with Gasteiger partial charge in [0, 0.05) is 27.2 Å². The Labute approximate surface area is 193 Å². The minimum Gasteiger partial charge on any atom is -0.393 e. The first-order valence-electron chi connectivity index (χ1n) is 11.1. The lowest BCUT2D eigenvalue weighted by molar-refractivity contribution is -0.121. The molecule has 168 valence electrons. The standard InChI is InChI=1S/C24H36BrNO3S/c1-3-26-24(29)9-7-5-4-6-8-21-18(11-15-23(21)28)10-12-19(27)13-14-20-16-22(25)17(2)30-20/h4,6,10,12,16,18-19,21,23,27-28H,3,5,7-9,11,13-15H2,1-2H3,(H,26,29)/b6-4-,12-10+/t18-,19+,21+,23?/m0/s1. The van der Waals surface area contributed by atoms with E-state index in [4.69, 9.17) is 0 Å². The van der Waals surface area contributed by atoms with Crippen LogP contribution in [0.5, 0.6) is 0 Å². The molecular weight excluding hydrogens is 462 g/mol. The predicted molar refractivity (Wildman–Crippen MR) is 129 cm³/mol. The van der Waals surface area contributed by atoms with Gasteiger partial charge in [-0.3, -0.25) is 4.79 Å². The average Bonchev–Trinajstić information content (AvgIpc) is 3.22. The number of aliphatic hydroxyl groups is 2. The molecule has 30 heavy (non-hydrogen) atoms. The number of thiophene rings is 1. The number of allylic oxidation sites excluding steroid dienone is 3. The number of aliphatic hydroxyl groups excluding tert-OH is 2. The molecule has 0 spiro atoms. The molecule has 1 saturated carbocycles. The first-order chi connectivity index (χ1) is 14.4. The third kappa shape index (κ3) is 8.66. The van der Waals surface area contributed by atoms with Gasteiger partial charge in [0.05, 0.1) is 12.2 Å². The maximum absolute atomic E-state index is 11.4. The van der Waals surface area contributed by atoms with Crippen molar-refractivity contribution >= 4 is 33.2 Å². The van der Waals surface area contributed by atoms with Crippen LogP contribution in [0.25, 0.3) is 0 Å². The second kappa shape index (κ2) is 13.5. The molecule has 0 saturated heterocycles. The van der Waals surface area contributed by atoms with Gasteiger partial charge in [0.1, 0.15) is 0 Å². The summed E-state index contributed by atoms with van der Waals surface area (Å²) in [5.74, 6) is 0.638. The van der Waals surface area contributed by atoms with Gasteiger partial charge in [0.2, 0.25) is 5.91 Å². The van der Waals surface area contributed by atoms with Crippen molar-refractivity contribution in [1.82, 2.24) is 5.32 Å². The predicted octanol–water partition coefficient (Wildman–Crippen LogP) is 5.31. The molecule has 6 heteroatoms. The zero-order valence-corrected chi connectivity index (χ0v) is 20.6. The molecule has 1 fully saturated rings. The van der Waals surface area contributed by atoms with Gasteiger partial charge < -0.3 is 15.5 Å². The monoisotopic (exact) mass is 497 g/mol. The maximum atomic E-state index is 11.4. The van der Waals surface area contributed by atoms with Crippen LogP contribution in [0.1, 0.15) is 61.6 Å². The van der Waals surface area contributed by atoms with E-state index in [-0.39, 0.29) is 17.9 Å². The van der Waals surface area contributed by atoms with E-state index in [9.17, 15) is 15.0 Å². The second-order valence-electron chi connectivity index (χ2n) is 8.13. The Morgan fingerprint density at radius 3 is 2.90 bits per heavy atom. The highest BCUT2D eigenvalue weighted by atomic mass is 79.9. The molecule has 1 aromatic heterocycles. The van der Waals surface area contributed by atoms with E-state index >= 15 is 0 Å². The molecule has 0 aliphatic heterocycles. The third-order valence-corrected chi connectivity index (χ3v) is 7.93. The van der Waals surface area contributed by atoms with Crippen molar-refractivity contribution in [2.45, 2.75) is 77.4 Å². The van der Waals surface area contributed by atoms with Gasteiger partial charge in [-0.25, -0.2) is 0 Å². The van der Waals surface area contributed by atoms with Crippen molar-refractivity contribution in [3.05, 3.63) is 44.6 Å². The number of amides is 1. The quantitative estimate of drug-likeness (QED) is 0.270. The summed E-state index contributed by atoms with van der Waals surface area (Å²) in [6, 6.07) is 2.14. The molecule has 2 rings (SSSR count). The highest BCUT2D eigenvalue weighted by Crippen LogP contribution is 2.36. The summed E-state index contributed by atoms with van der Waals surface area (Å²) in [5, 5.41) is 23.5. The highest BCUT2D eigenvalue weighted by Gasteiger charge is 2.32. The number of rotatable bonds is 12. The fourth-order valence-corrected chi connectivity index (χ4v) is 5.60. The van der Waals surface area contributed by atoms with Gasteiger partial charge in [-0.2, -0.15) is 0 Å². The zero-order chi connectivity index (χ0) is 21.9. The number of aryl methyl sites for hydroxylation is 2. The SMILES string of the molecule is CCNC(=O)CCC/C=C\C[C@H]1C(O)CC[C@@H]1/C=C/[C@@H](O)CCc1cc(Br)c(C)s1. The number of unbranched alkanes of at least 4 members (excludes halogenated alkanes) is 1. The van der Waals surface area contributed by atoms with Crippen molar-refractivity contribution in [2.75, 3.05) is 6.54 Å². The minimum atomic E-state index is -0.450. The van der Waals surface area contributed by atoms with Gasteiger partial charge in [-0.05, 0) is 92.6 Å². The summed E-state index contributed by atoms with van der Waals surface area (Å²) in [7, 11) is 0. The normalized spacial score (nSPS) is 22.9. The van der Waals surface area contributed by atoms with E-state index in [2.05, 4.69) is 52.5 Å². The Bertz CT molecular complexity index is 696. The Balaban J connectivity index is 1.73. The van der Waals surface area contributed by atoms with Crippen LogP contribution in [0.15, 0.2) is 34.8 Å². The molecule has 1 aliphatic rings. The molecule has 0 bridgehead atoms. The van der Waals surface area contributed by atoms with Gasteiger partial charge in [-0.15, -0.1) is 11.3 Å². The Hall–Kier alpha value is -0.950. The summed E-state index contributed by atoms with van der Waals surface area (Å²) >= 11 is 5.32. The molecule has 0 radical (unpaired) electrons. The topological polar surface area (TPSA) is 69.6 Å². The average molecular weight is 499 g/mol. The molecule has 1 aromatic rings.